The largest absolute Gasteiger partial charge is 0.490 e. The Morgan fingerprint density at radius 2 is 1.96 bits per heavy atom. The SMILES string of the molecule is Cc1ccccc1N=C1S/C(=C/c2cc(Cl)ccc2OC(C)C)C(=O)N1C. The predicted molar refractivity (Wildman–Crippen MR) is 114 cm³/mol. The molecule has 0 aromatic heterocycles. The number of hydrogen-bond acceptors (Lipinski definition) is 4. The number of benzene rings is 2. The smallest absolute Gasteiger partial charge is 0.266 e. The Balaban J connectivity index is 1.96. The Kier molecular flexibility index (Phi) is 5.92. The molecule has 0 aliphatic carbocycles. The molecule has 0 N–H and O–H groups in total. The van der Waals surface area contributed by atoms with Crippen molar-refractivity contribution < 1.29 is 9.53 Å². The molecular formula is C21H21ClN2O2S. The fourth-order valence-electron chi connectivity index (χ4n) is 2.58. The molecule has 1 fully saturated rings. The van der Waals surface area contributed by atoms with E-state index in [9.17, 15) is 4.79 Å². The van der Waals surface area contributed by atoms with E-state index >= 15 is 0 Å². The maximum Gasteiger partial charge on any atom is 0.266 e. The van der Waals surface area contributed by atoms with E-state index in [0.29, 0.717) is 20.8 Å². The van der Waals surface area contributed by atoms with Gasteiger partial charge in [0.2, 0.25) is 0 Å². The quantitative estimate of drug-likeness (QED) is 0.621. The zero-order valence-corrected chi connectivity index (χ0v) is 17.3. The summed E-state index contributed by atoms with van der Waals surface area (Å²) in [5.74, 6) is 0.602. The lowest BCUT2D eigenvalue weighted by molar-refractivity contribution is -0.121. The highest BCUT2D eigenvalue weighted by atomic mass is 35.5. The van der Waals surface area contributed by atoms with Crippen LogP contribution in [0.15, 0.2) is 52.4 Å². The Labute approximate surface area is 168 Å². The van der Waals surface area contributed by atoms with Gasteiger partial charge in [0.15, 0.2) is 5.17 Å². The summed E-state index contributed by atoms with van der Waals surface area (Å²) >= 11 is 7.49. The van der Waals surface area contributed by atoms with E-state index in [1.165, 1.54) is 11.8 Å². The molecule has 0 spiro atoms. The standard InChI is InChI=1S/C21H21ClN2O2S/c1-13(2)26-18-10-9-16(22)11-15(18)12-19-20(25)24(4)21(27-19)23-17-8-6-5-7-14(17)3/h5-13H,1-4H3/b19-12+,23-21?. The third-order valence-electron chi connectivity index (χ3n) is 3.96. The third kappa shape index (κ3) is 4.54. The van der Waals surface area contributed by atoms with Crippen molar-refractivity contribution in [2.45, 2.75) is 26.9 Å². The normalized spacial score (nSPS) is 17.4. The molecule has 0 saturated carbocycles. The van der Waals surface area contributed by atoms with Crippen LogP contribution in [0.5, 0.6) is 5.75 Å². The topological polar surface area (TPSA) is 41.9 Å². The van der Waals surface area contributed by atoms with E-state index in [-0.39, 0.29) is 12.0 Å². The average molecular weight is 401 g/mol. The van der Waals surface area contributed by atoms with E-state index in [1.54, 1.807) is 24.1 Å². The van der Waals surface area contributed by atoms with Crippen LogP contribution in [0.25, 0.3) is 6.08 Å². The van der Waals surface area contributed by atoms with Crippen LogP contribution in [0.1, 0.15) is 25.0 Å². The van der Waals surface area contributed by atoms with Gasteiger partial charge in [-0.1, -0.05) is 29.8 Å². The molecule has 140 valence electrons. The molecule has 1 amide bonds. The summed E-state index contributed by atoms with van der Waals surface area (Å²) in [5.41, 5.74) is 2.69. The second-order valence-electron chi connectivity index (χ2n) is 6.50. The molecule has 6 heteroatoms. The van der Waals surface area contributed by atoms with Crippen molar-refractivity contribution >= 4 is 46.2 Å². The Morgan fingerprint density at radius 1 is 1.22 bits per heavy atom. The van der Waals surface area contributed by atoms with Crippen LogP contribution in [0.3, 0.4) is 0 Å². The molecule has 0 bridgehead atoms. The summed E-state index contributed by atoms with van der Waals surface area (Å²) in [7, 11) is 1.73. The number of amides is 1. The minimum Gasteiger partial charge on any atom is -0.490 e. The minimum absolute atomic E-state index is 0.0242. The molecule has 0 radical (unpaired) electrons. The molecule has 0 atom stereocenters. The maximum absolute atomic E-state index is 12.7. The first-order chi connectivity index (χ1) is 12.8. The Morgan fingerprint density at radius 3 is 2.67 bits per heavy atom. The number of halogens is 1. The van der Waals surface area contributed by atoms with Gasteiger partial charge >= 0.3 is 0 Å². The number of carbonyl (C=O) groups excluding carboxylic acids is 1. The number of carbonyl (C=O) groups is 1. The molecule has 1 aliphatic heterocycles. The van der Waals surface area contributed by atoms with Crippen LogP contribution in [0.4, 0.5) is 5.69 Å². The third-order valence-corrected chi connectivity index (χ3v) is 5.25. The fourth-order valence-corrected chi connectivity index (χ4v) is 3.73. The first-order valence-corrected chi connectivity index (χ1v) is 9.82. The van der Waals surface area contributed by atoms with E-state index in [1.807, 2.05) is 57.2 Å². The molecule has 2 aromatic rings. The number of nitrogens with zero attached hydrogens (tertiary/aromatic N) is 2. The van der Waals surface area contributed by atoms with Gasteiger partial charge in [-0.2, -0.15) is 0 Å². The number of aliphatic imine (C=N–C) groups is 1. The van der Waals surface area contributed by atoms with Gasteiger partial charge in [-0.05, 0) is 68.4 Å². The highest BCUT2D eigenvalue weighted by molar-refractivity contribution is 8.18. The molecular weight excluding hydrogens is 380 g/mol. The number of para-hydroxylation sites is 1. The summed E-state index contributed by atoms with van der Waals surface area (Å²) in [6, 6.07) is 13.2. The highest BCUT2D eigenvalue weighted by Gasteiger charge is 2.30. The van der Waals surface area contributed by atoms with E-state index in [2.05, 4.69) is 4.99 Å². The van der Waals surface area contributed by atoms with Gasteiger partial charge in [0, 0.05) is 17.6 Å². The Hall–Kier alpha value is -2.24. The van der Waals surface area contributed by atoms with Crippen molar-refractivity contribution in [3.63, 3.8) is 0 Å². The molecule has 1 aliphatic rings. The van der Waals surface area contributed by atoms with Gasteiger partial charge in [0.25, 0.3) is 5.91 Å². The van der Waals surface area contributed by atoms with Crippen LogP contribution in [-0.4, -0.2) is 29.1 Å². The van der Waals surface area contributed by atoms with Crippen molar-refractivity contribution in [3.8, 4) is 5.75 Å². The average Bonchev–Trinajstić information content (AvgIpc) is 2.87. The van der Waals surface area contributed by atoms with E-state index < -0.39 is 0 Å². The number of ether oxygens (including phenoxy) is 1. The number of thioether (sulfide) groups is 1. The molecule has 1 saturated heterocycles. The first kappa shape index (κ1) is 19.5. The molecule has 4 nitrogen and oxygen atoms in total. The number of likely N-dealkylation sites (N-methyl/N-ethyl adjacent to an activating group) is 1. The van der Waals surface area contributed by atoms with Gasteiger partial charge in [0.05, 0.1) is 16.7 Å². The fraction of sp³-hybridized carbons (Fsp3) is 0.238. The van der Waals surface area contributed by atoms with Gasteiger partial charge in [-0.15, -0.1) is 0 Å². The van der Waals surface area contributed by atoms with Crippen LogP contribution < -0.4 is 4.74 Å². The maximum atomic E-state index is 12.7. The van der Waals surface area contributed by atoms with Crippen LogP contribution in [0.2, 0.25) is 5.02 Å². The van der Waals surface area contributed by atoms with Gasteiger partial charge in [0.1, 0.15) is 5.75 Å². The lowest BCUT2D eigenvalue weighted by atomic mass is 10.1. The van der Waals surface area contributed by atoms with Crippen LogP contribution in [-0.2, 0) is 4.79 Å². The van der Waals surface area contributed by atoms with Crippen molar-refractivity contribution in [2.75, 3.05) is 7.05 Å². The monoisotopic (exact) mass is 400 g/mol. The summed E-state index contributed by atoms with van der Waals surface area (Å²) in [6.45, 7) is 5.92. The summed E-state index contributed by atoms with van der Waals surface area (Å²) in [6.07, 6.45) is 1.84. The number of amidine groups is 1. The lowest BCUT2D eigenvalue weighted by Gasteiger charge is -2.13. The van der Waals surface area contributed by atoms with Crippen molar-refractivity contribution in [3.05, 3.63) is 63.5 Å². The second kappa shape index (κ2) is 8.19. The minimum atomic E-state index is -0.0946. The van der Waals surface area contributed by atoms with Crippen LogP contribution in [0, 0.1) is 6.92 Å². The summed E-state index contributed by atoms with van der Waals surface area (Å²) in [5, 5.41) is 1.24. The van der Waals surface area contributed by atoms with Crippen molar-refractivity contribution in [1.29, 1.82) is 0 Å². The highest BCUT2D eigenvalue weighted by Crippen LogP contribution is 2.36. The number of aryl methyl sites for hydroxylation is 1. The predicted octanol–water partition coefficient (Wildman–Crippen LogP) is 5.67. The zero-order chi connectivity index (χ0) is 19.6. The van der Waals surface area contributed by atoms with Crippen molar-refractivity contribution in [2.24, 2.45) is 4.99 Å². The number of rotatable bonds is 4. The Bertz CT molecular complexity index is 938. The van der Waals surface area contributed by atoms with Gasteiger partial charge < -0.3 is 4.74 Å². The zero-order valence-electron chi connectivity index (χ0n) is 15.7. The molecule has 2 aromatic carbocycles. The number of hydrogen-bond donors (Lipinski definition) is 0. The van der Waals surface area contributed by atoms with Gasteiger partial charge in [-0.25, -0.2) is 4.99 Å². The van der Waals surface area contributed by atoms with Gasteiger partial charge in [-0.3, -0.25) is 9.69 Å². The lowest BCUT2D eigenvalue weighted by Crippen LogP contribution is -2.23. The first-order valence-electron chi connectivity index (χ1n) is 8.63. The second-order valence-corrected chi connectivity index (χ2v) is 7.95. The van der Waals surface area contributed by atoms with E-state index in [0.717, 1.165) is 16.8 Å². The molecule has 1 heterocycles. The summed E-state index contributed by atoms with van der Waals surface area (Å²) in [4.78, 5) is 19.5. The van der Waals surface area contributed by atoms with Crippen molar-refractivity contribution in [1.82, 2.24) is 4.90 Å². The molecule has 3 rings (SSSR count). The van der Waals surface area contributed by atoms with Crippen LogP contribution >= 0.6 is 23.4 Å². The van der Waals surface area contributed by atoms with E-state index in [4.69, 9.17) is 16.3 Å². The molecule has 0 unspecified atom stereocenters. The summed E-state index contributed by atoms with van der Waals surface area (Å²) < 4.78 is 5.84. The molecule has 27 heavy (non-hydrogen) atoms.